The van der Waals surface area contributed by atoms with Crippen LogP contribution in [-0.2, 0) is 11.3 Å². The number of aromatic nitrogens is 1. The van der Waals surface area contributed by atoms with E-state index in [0.29, 0.717) is 24.5 Å². The van der Waals surface area contributed by atoms with Gasteiger partial charge in [0.1, 0.15) is 5.82 Å². The highest BCUT2D eigenvalue weighted by Gasteiger charge is 2.40. The lowest BCUT2D eigenvalue weighted by molar-refractivity contribution is -0.147. The highest BCUT2D eigenvalue weighted by Crippen LogP contribution is 2.33. The number of pyridine rings is 1. The minimum absolute atomic E-state index is 0.106. The molecule has 0 aliphatic carbocycles. The summed E-state index contributed by atoms with van der Waals surface area (Å²) in [7, 11) is 0. The summed E-state index contributed by atoms with van der Waals surface area (Å²) in [4.78, 5) is 18.1. The molecule has 29 heavy (non-hydrogen) atoms. The maximum Gasteiger partial charge on any atom is 0.310 e. The average Bonchev–Trinajstić information content (AvgIpc) is 3.07. The van der Waals surface area contributed by atoms with Crippen molar-refractivity contribution in [2.24, 2.45) is 5.41 Å². The van der Waals surface area contributed by atoms with Crippen LogP contribution in [0.5, 0.6) is 0 Å². The van der Waals surface area contributed by atoms with E-state index in [1.54, 1.807) is 13.1 Å². The number of benzene rings is 1. The number of aliphatic carboxylic acids is 1. The molecule has 2 heterocycles. The van der Waals surface area contributed by atoms with Crippen molar-refractivity contribution in [2.75, 3.05) is 18.4 Å². The van der Waals surface area contributed by atoms with E-state index >= 15 is 0 Å². The summed E-state index contributed by atoms with van der Waals surface area (Å²) in [5, 5.41) is 14.3. The number of carboxylic acid groups (broad SMARTS) is 1. The largest absolute Gasteiger partial charge is 0.481 e. The molecule has 0 radical (unpaired) electrons. The third kappa shape index (κ3) is 5.03. The molecule has 156 valence electrons. The lowest BCUT2D eigenvalue weighted by Crippen LogP contribution is -2.31. The van der Waals surface area contributed by atoms with Gasteiger partial charge in [-0.2, -0.15) is 0 Å². The van der Waals surface area contributed by atoms with Crippen LogP contribution >= 0.6 is 23.2 Å². The lowest BCUT2D eigenvalue weighted by Gasteiger charge is -2.22. The highest BCUT2D eigenvalue weighted by atomic mass is 35.5. The van der Waals surface area contributed by atoms with Gasteiger partial charge in [-0.1, -0.05) is 42.3 Å². The number of nitrogens with zero attached hydrogens (tertiary/aromatic N) is 2. The molecule has 1 fully saturated rings. The fourth-order valence-corrected chi connectivity index (χ4v) is 4.05. The van der Waals surface area contributed by atoms with Gasteiger partial charge in [-0.25, -0.2) is 4.98 Å². The van der Waals surface area contributed by atoms with Crippen LogP contribution < -0.4 is 5.32 Å². The van der Waals surface area contributed by atoms with Gasteiger partial charge in [-0.05, 0) is 62.1 Å². The molecule has 3 rings (SSSR count). The Balaban J connectivity index is 1.74. The zero-order chi connectivity index (χ0) is 21.2. The van der Waals surface area contributed by atoms with Crippen LogP contribution in [0, 0.1) is 12.3 Å². The summed E-state index contributed by atoms with van der Waals surface area (Å²) in [5.74, 6) is 0.0104. The number of aryl methyl sites for hydroxylation is 1. The van der Waals surface area contributed by atoms with Crippen LogP contribution in [0.25, 0.3) is 0 Å². The molecule has 1 aromatic carbocycles. The standard InChI is InChI=1S/C22H27Cl2N3O2/c1-4-19(15-5-6-17(23)14(2)9-15)26-20-10-16(18(24)11-25-20)12-27-8-7-22(3,13-27)21(28)29/h5-6,9-11,19H,4,7-8,12-13H2,1-3H3,(H,25,26)(H,28,29)/t19-,22+/m1/s1. The Morgan fingerprint density at radius 1 is 1.34 bits per heavy atom. The first kappa shape index (κ1) is 21.9. The third-order valence-electron chi connectivity index (χ3n) is 5.71. The first-order valence-electron chi connectivity index (χ1n) is 9.84. The SMILES string of the molecule is CC[C@@H](Nc1cc(CN2CC[C@](C)(C(=O)O)C2)c(Cl)cn1)c1ccc(Cl)c(C)c1. The van der Waals surface area contributed by atoms with Gasteiger partial charge in [-0.3, -0.25) is 9.69 Å². The van der Waals surface area contributed by atoms with Gasteiger partial charge in [0.15, 0.2) is 0 Å². The fourth-order valence-electron chi connectivity index (χ4n) is 3.77. The Morgan fingerprint density at radius 3 is 2.72 bits per heavy atom. The Morgan fingerprint density at radius 2 is 2.10 bits per heavy atom. The van der Waals surface area contributed by atoms with Gasteiger partial charge in [0.25, 0.3) is 0 Å². The van der Waals surface area contributed by atoms with Crippen molar-refractivity contribution >= 4 is 35.0 Å². The Bertz CT molecular complexity index is 906. The quantitative estimate of drug-likeness (QED) is 0.595. The van der Waals surface area contributed by atoms with E-state index in [-0.39, 0.29) is 6.04 Å². The van der Waals surface area contributed by atoms with Crippen molar-refractivity contribution in [1.82, 2.24) is 9.88 Å². The van der Waals surface area contributed by atoms with E-state index in [2.05, 4.69) is 28.2 Å². The predicted molar refractivity (Wildman–Crippen MR) is 118 cm³/mol. The first-order valence-corrected chi connectivity index (χ1v) is 10.6. The molecule has 2 atom stereocenters. The minimum atomic E-state index is -0.743. The molecule has 0 unspecified atom stereocenters. The highest BCUT2D eigenvalue weighted by molar-refractivity contribution is 6.31. The van der Waals surface area contributed by atoms with E-state index < -0.39 is 11.4 Å². The summed E-state index contributed by atoms with van der Waals surface area (Å²) < 4.78 is 0. The van der Waals surface area contributed by atoms with Crippen LogP contribution in [0.15, 0.2) is 30.5 Å². The van der Waals surface area contributed by atoms with E-state index in [1.807, 2.05) is 25.1 Å². The number of likely N-dealkylation sites (tertiary alicyclic amines) is 1. The Kier molecular flexibility index (Phi) is 6.72. The molecule has 0 spiro atoms. The Hall–Kier alpha value is -1.82. The maximum absolute atomic E-state index is 11.5. The molecule has 1 aliphatic heterocycles. The van der Waals surface area contributed by atoms with Crippen LogP contribution in [0.2, 0.25) is 10.0 Å². The van der Waals surface area contributed by atoms with Crippen LogP contribution in [0.4, 0.5) is 5.82 Å². The van der Waals surface area contributed by atoms with Crippen LogP contribution in [0.3, 0.4) is 0 Å². The fraction of sp³-hybridized carbons (Fsp3) is 0.455. The molecule has 1 aromatic heterocycles. The number of nitrogens with one attached hydrogen (secondary N) is 1. The predicted octanol–water partition coefficient (Wildman–Crippen LogP) is 5.56. The molecule has 0 bridgehead atoms. The molecule has 1 saturated heterocycles. The molecule has 2 N–H and O–H groups in total. The van der Waals surface area contributed by atoms with Crippen molar-refractivity contribution in [1.29, 1.82) is 0 Å². The molecule has 1 aliphatic rings. The smallest absolute Gasteiger partial charge is 0.310 e. The number of rotatable bonds is 7. The summed E-state index contributed by atoms with van der Waals surface area (Å²) >= 11 is 12.5. The van der Waals surface area contributed by atoms with Crippen LogP contribution in [-0.4, -0.2) is 34.0 Å². The van der Waals surface area contributed by atoms with Crippen LogP contribution in [0.1, 0.15) is 49.4 Å². The Labute approximate surface area is 182 Å². The molecular formula is C22H27Cl2N3O2. The number of halogens is 2. The van der Waals surface area contributed by atoms with Gasteiger partial charge in [0.2, 0.25) is 0 Å². The third-order valence-corrected chi connectivity index (χ3v) is 6.48. The van der Waals surface area contributed by atoms with Gasteiger partial charge in [0, 0.05) is 24.3 Å². The van der Waals surface area contributed by atoms with Gasteiger partial charge < -0.3 is 10.4 Å². The zero-order valence-corrected chi connectivity index (χ0v) is 18.5. The topological polar surface area (TPSA) is 65.5 Å². The number of hydrogen-bond donors (Lipinski definition) is 2. The second-order valence-corrected chi connectivity index (χ2v) is 8.92. The number of hydrogen-bond acceptors (Lipinski definition) is 4. The van der Waals surface area contributed by atoms with Crippen molar-refractivity contribution in [3.05, 3.63) is 57.2 Å². The maximum atomic E-state index is 11.5. The summed E-state index contributed by atoms with van der Waals surface area (Å²) in [6.07, 6.45) is 3.19. The molecule has 5 nitrogen and oxygen atoms in total. The second kappa shape index (κ2) is 8.90. The van der Waals surface area contributed by atoms with E-state index in [0.717, 1.165) is 40.5 Å². The molecule has 7 heteroatoms. The van der Waals surface area contributed by atoms with E-state index in [4.69, 9.17) is 23.2 Å². The van der Waals surface area contributed by atoms with E-state index in [1.165, 1.54) is 0 Å². The normalized spacial score (nSPS) is 20.6. The van der Waals surface area contributed by atoms with Gasteiger partial charge in [0.05, 0.1) is 16.5 Å². The monoisotopic (exact) mass is 435 g/mol. The first-order chi connectivity index (χ1) is 13.7. The average molecular weight is 436 g/mol. The van der Waals surface area contributed by atoms with Crippen molar-refractivity contribution in [3.8, 4) is 0 Å². The number of carboxylic acids is 1. The van der Waals surface area contributed by atoms with Crippen molar-refractivity contribution in [2.45, 2.75) is 46.2 Å². The van der Waals surface area contributed by atoms with Gasteiger partial charge >= 0.3 is 5.97 Å². The van der Waals surface area contributed by atoms with Crippen molar-refractivity contribution < 1.29 is 9.90 Å². The molecule has 2 aromatic rings. The summed E-state index contributed by atoms with van der Waals surface area (Å²) in [5.41, 5.74) is 2.45. The van der Waals surface area contributed by atoms with Gasteiger partial charge in [-0.15, -0.1) is 0 Å². The molecule has 0 amide bonds. The zero-order valence-electron chi connectivity index (χ0n) is 17.0. The number of carbonyl (C=O) groups is 1. The lowest BCUT2D eigenvalue weighted by atomic mass is 9.90. The van der Waals surface area contributed by atoms with Crippen molar-refractivity contribution in [3.63, 3.8) is 0 Å². The summed E-state index contributed by atoms with van der Waals surface area (Å²) in [6, 6.07) is 8.12. The minimum Gasteiger partial charge on any atom is -0.481 e. The molecule has 0 saturated carbocycles. The van der Waals surface area contributed by atoms with E-state index in [9.17, 15) is 9.90 Å². The molecular weight excluding hydrogens is 409 g/mol. The second-order valence-electron chi connectivity index (χ2n) is 8.10. The summed E-state index contributed by atoms with van der Waals surface area (Å²) in [6.45, 7) is 7.79. The number of anilines is 1.